The van der Waals surface area contributed by atoms with Gasteiger partial charge in [-0.05, 0) is 13.0 Å². The number of para-hydroxylation sites is 1. The molecule has 0 saturated heterocycles. The van der Waals surface area contributed by atoms with Gasteiger partial charge in [0.05, 0.1) is 11.2 Å². The molecule has 0 aliphatic carbocycles. The Morgan fingerprint density at radius 3 is 2.92 bits per heavy atom. The summed E-state index contributed by atoms with van der Waals surface area (Å²) in [5, 5.41) is 0.975. The summed E-state index contributed by atoms with van der Waals surface area (Å²) in [6.07, 6.45) is 0. The van der Waals surface area contributed by atoms with Crippen molar-refractivity contribution < 1.29 is 0 Å². The van der Waals surface area contributed by atoms with Crippen LogP contribution in [0.1, 0.15) is 5.69 Å². The molecule has 2 aromatic rings. The zero-order valence-corrected chi connectivity index (χ0v) is 6.83. The number of aromatic nitrogens is 1. The number of benzene rings is 1. The summed E-state index contributed by atoms with van der Waals surface area (Å²) in [5.74, 6) is 0. The van der Waals surface area contributed by atoms with E-state index in [4.69, 9.17) is 5.73 Å². The first-order chi connectivity index (χ1) is 5.77. The van der Waals surface area contributed by atoms with Crippen LogP contribution in [0.5, 0.6) is 0 Å². The van der Waals surface area contributed by atoms with Crippen molar-refractivity contribution in [1.82, 2.24) is 4.98 Å². The molecule has 0 aliphatic heterocycles. The summed E-state index contributed by atoms with van der Waals surface area (Å²) < 4.78 is 0. The van der Waals surface area contributed by atoms with E-state index in [9.17, 15) is 0 Å². The predicted octanol–water partition coefficient (Wildman–Crippen LogP) is 1.93. The van der Waals surface area contributed by atoms with Crippen LogP contribution in [0.3, 0.4) is 0 Å². The summed E-state index contributed by atoms with van der Waals surface area (Å²) in [6, 6.07) is 10.8. The van der Waals surface area contributed by atoms with E-state index in [-0.39, 0.29) is 0 Å². The fourth-order valence-corrected chi connectivity index (χ4v) is 1.27. The Kier molecular flexibility index (Phi) is 1.47. The maximum Gasteiger partial charge on any atom is 0.0726 e. The second kappa shape index (κ2) is 2.48. The lowest BCUT2D eigenvalue weighted by Crippen LogP contribution is -1.91. The minimum absolute atomic E-state index is 0.679. The summed E-state index contributed by atoms with van der Waals surface area (Å²) in [6.45, 7) is 1.89. The zero-order chi connectivity index (χ0) is 8.55. The van der Waals surface area contributed by atoms with Gasteiger partial charge in [0, 0.05) is 17.1 Å². The molecule has 2 N–H and O–H groups in total. The number of rotatable bonds is 0. The van der Waals surface area contributed by atoms with Crippen LogP contribution in [-0.2, 0) is 0 Å². The molecule has 2 heteroatoms. The van der Waals surface area contributed by atoms with E-state index in [1.54, 1.807) is 0 Å². The quantitative estimate of drug-likeness (QED) is 0.634. The molecule has 2 rings (SSSR count). The topological polar surface area (TPSA) is 38.9 Å². The summed E-state index contributed by atoms with van der Waals surface area (Å²) in [4.78, 5) is 4.30. The molecule has 0 aliphatic rings. The van der Waals surface area contributed by atoms with Crippen molar-refractivity contribution in [2.45, 2.75) is 6.92 Å². The van der Waals surface area contributed by atoms with Crippen LogP contribution >= 0.6 is 0 Å². The van der Waals surface area contributed by atoms with Gasteiger partial charge in [0.2, 0.25) is 0 Å². The zero-order valence-electron chi connectivity index (χ0n) is 6.83. The van der Waals surface area contributed by atoms with Gasteiger partial charge in [-0.1, -0.05) is 18.2 Å². The Morgan fingerprint density at radius 2 is 2.08 bits per heavy atom. The predicted molar refractivity (Wildman–Crippen MR) is 49.7 cm³/mol. The lowest BCUT2D eigenvalue weighted by atomic mass is 10.2. The highest BCUT2D eigenvalue weighted by molar-refractivity contribution is 5.89. The number of aryl methyl sites for hydroxylation is 1. The van der Waals surface area contributed by atoms with Crippen LogP contribution in [0.2, 0.25) is 0 Å². The molecule has 0 fully saturated rings. The highest BCUT2D eigenvalue weighted by Gasteiger charge is 1.98. The van der Waals surface area contributed by atoms with Crippen LogP contribution in [0, 0.1) is 13.0 Å². The Morgan fingerprint density at radius 1 is 1.33 bits per heavy atom. The highest BCUT2D eigenvalue weighted by Crippen LogP contribution is 2.18. The molecule has 1 radical (unpaired) electrons. The van der Waals surface area contributed by atoms with E-state index < -0.39 is 0 Å². The second-order valence-electron chi connectivity index (χ2n) is 2.75. The van der Waals surface area contributed by atoms with Crippen LogP contribution in [0.25, 0.3) is 10.9 Å². The van der Waals surface area contributed by atoms with Crippen LogP contribution in [-0.4, -0.2) is 4.98 Å². The SMILES string of the molecule is Cc1[c]c(N)c2ccccc2n1. The number of nitrogens with zero attached hydrogens (tertiary/aromatic N) is 1. The first-order valence-corrected chi connectivity index (χ1v) is 3.81. The lowest BCUT2D eigenvalue weighted by molar-refractivity contribution is 1.25. The molecule has 0 amide bonds. The third kappa shape index (κ3) is 1.01. The minimum Gasteiger partial charge on any atom is -0.398 e. The maximum atomic E-state index is 5.76. The molecule has 1 aromatic carbocycles. The molecule has 0 saturated carbocycles. The van der Waals surface area contributed by atoms with E-state index >= 15 is 0 Å². The average molecular weight is 157 g/mol. The average Bonchev–Trinajstić information content (AvgIpc) is 2.04. The number of pyridine rings is 1. The van der Waals surface area contributed by atoms with Crippen molar-refractivity contribution in [3.05, 3.63) is 36.0 Å². The van der Waals surface area contributed by atoms with Gasteiger partial charge in [0.25, 0.3) is 0 Å². The molecule has 59 valence electrons. The van der Waals surface area contributed by atoms with E-state index in [2.05, 4.69) is 11.1 Å². The van der Waals surface area contributed by atoms with Gasteiger partial charge in [-0.15, -0.1) is 0 Å². The molecular formula is C10H9N2. The van der Waals surface area contributed by atoms with Gasteiger partial charge in [-0.25, -0.2) is 0 Å². The van der Waals surface area contributed by atoms with Gasteiger partial charge in [-0.3, -0.25) is 4.98 Å². The maximum absolute atomic E-state index is 5.76. The van der Waals surface area contributed by atoms with Gasteiger partial charge >= 0.3 is 0 Å². The molecule has 1 aromatic heterocycles. The smallest absolute Gasteiger partial charge is 0.0726 e. The molecular weight excluding hydrogens is 148 g/mol. The minimum atomic E-state index is 0.679. The number of anilines is 1. The van der Waals surface area contributed by atoms with E-state index in [0.717, 1.165) is 16.6 Å². The number of nitrogen functional groups attached to an aromatic ring is 1. The first kappa shape index (κ1) is 7.10. The Bertz CT molecular complexity index is 421. The molecule has 2 nitrogen and oxygen atoms in total. The Hall–Kier alpha value is -1.57. The highest BCUT2D eigenvalue weighted by atomic mass is 14.7. The summed E-state index contributed by atoms with van der Waals surface area (Å²) >= 11 is 0. The van der Waals surface area contributed by atoms with Crippen molar-refractivity contribution in [2.75, 3.05) is 5.73 Å². The fraction of sp³-hybridized carbons (Fsp3) is 0.100. The van der Waals surface area contributed by atoms with Crippen molar-refractivity contribution in [1.29, 1.82) is 0 Å². The van der Waals surface area contributed by atoms with Gasteiger partial charge in [-0.2, -0.15) is 0 Å². The van der Waals surface area contributed by atoms with Crippen LogP contribution in [0.15, 0.2) is 24.3 Å². The fourth-order valence-electron chi connectivity index (χ4n) is 1.27. The van der Waals surface area contributed by atoms with Crippen molar-refractivity contribution >= 4 is 16.6 Å². The normalized spacial score (nSPS) is 10.4. The molecule has 0 unspecified atom stereocenters. The molecule has 0 bridgehead atoms. The second-order valence-corrected chi connectivity index (χ2v) is 2.75. The standard InChI is InChI=1S/C10H9N2/c1-7-6-9(11)8-4-2-3-5-10(8)12-7/h2-5H,1H3,(H2,11,12). The Labute approximate surface area is 71.0 Å². The summed E-state index contributed by atoms with van der Waals surface area (Å²) in [5.41, 5.74) is 8.22. The molecule has 0 spiro atoms. The lowest BCUT2D eigenvalue weighted by Gasteiger charge is -2.00. The van der Waals surface area contributed by atoms with Crippen molar-refractivity contribution in [3.8, 4) is 0 Å². The number of hydrogen-bond donors (Lipinski definition) is 1. The van der Waals surface area contributed by atoms with Crippen molar-refractivity contribution in [2.24, 2.45) is 0 Å². The third-order valence-electron chi connectivity index (χ3n) is 1.80. The molecule has 1 heterocycles. The van der Waals surface area contributed by atoms with Crippen LogP contribution in [0.4, 0.5) is 5.69 Å². The van der Waals surface area contributed by atoms with E-state index in [0.29, 0.717) is 5.69 Å². The largest absolute Gasteiger partial charge is 0.398 e. The van der Waals surface area contributed by atoms with Gasteiger partial charge in [0.15, 0.2) is 0 Å². The van der Waals surface area contributed by atoms with E-state index in [1.807, 2.05) is 31.2 Å². The number of fused-ring (bicyclic) bond motifs is 1. The van der Waals surface area contributed by atoms with Crippen molar-refractivity contribution in [3.63, 3.8) is 0 Å². The van der Waals surface area contributed by atoms with Gasteiger partial charge in [0.1, 0.15) is 0 Å². The monoisotopic (exact) mass is 157 g/mol. The molecule has 0 atom stereocenters. The first-order valence-electron chi connectivity index (χ1n) is 3.81. The number of hydrogen-bond acceptors (Lipinski definition) is 2. The van der Waals surface area contributed by atoms with Gasteiger partial charge < -0.3 is 5.73 Å². The number of nitrogens with two attached hydrogens (primary N) is 1. The third-order valence-corrected chi connectivity index (χ3v) is 1.80. The molecule has 12 heavy (non-hydrogen) atoms. The Balaban J connectivity index is 2.89. The van der Waals surface area contributed by atoms with E-state index in [1.165, 1.54) is 0 Å². The summed E-state index contributed by atoms with van der Waals surface area (Å²) in [7, 11) is 0. The van der Waals surface area contributed by atoms with Crippen LogP contribution < -0.4 is 5.73 Å².